The number of rotatable bonds is 7. The van der Waals surface area contributed by atoms with Crippen molar-refractivity contribution in [3.63, 3.8) is 0 Å². The van der Waals surface area contributed by atoms with E-state index in [1.54, 1.807) is 16.8 Å². The van der Waals surface area contributed by atoms with Gasteiger partial charge >= 0.3 is 0 Å². The summed E-state index contributed by atoms with van der Waals surface area (Å²) in [5, 5.41) is 21.3. The van der Waals surface area contributed by atoms with E-state index in [0.29, 0.717) is 17.4 Å². The minimum Gasteiger partial charge on any atom is -0.298 e. The van der Waals surface area contributed by atoms with Crippen LogP contribution in [0.25, 0.3) is 0 Å². The molecule has 3 rings (SSSR count). The predicted octanol–water partition coefficient (Wildman–Crippen LogP) is 2.37. The highest BCUT2D eigenvalue weighted by Gasteiger charge is 2.17. The molecule has 0 aliphatic rings. The molecule has 0 atom stereocenters. The Morgan fingerprint density at radius 2 is 1.81 bits per heavy atom. The molecule has 2 aromatic carbocycles. The molecule has 7 nitrogen and oxygen atoms in total. The average Bonchev–Trinajstić information content (AvgIpc) is 3.12. The maximum Gasteiger partial charge on any atom is 0.238 e. The summed E-state index contributed by atoms with van der Waals surface area (Å²) >= 11 is 1.26. The van der Waals surface area contributed by atoms with Crippen molar-refractivity contribution in [2.45, 2.75) is 11.7 Å². The number of carbonyl (C=O) groups excluding carboxylic acids is 1. The van der Waals surface area contributed by atoms with Gasteiger partial charge in [0, 0.05) is 5.69 Å². The quantitative estimate of drug-likeness (QED) is 0.472. The smallest absolute Gasteiger partial charge is 0.238 e. The van der Waals surface area contributed by atoms with Crippen LogP contribution in [0.4, 0.5) is 5.69 Å². The highest BCUT2D eigenvalue weighted by molar-refractivity contribution is 7.99. The second-order valence-corrected chi connectivity index (χ2v) is 6.31. The van der Waals surface area contributed by atoms with E-state index in [-0.39, 0.29) is 18.2 Å². The number of amides is 1. The van der Waals surface area contributed by atoms with Gasteiger partial charge in [0.25, 0.3) is 0 Å². The zero-order valence-electron chi connectivity index (χ0n) is 13.9. The van der Waals surface area contributed by atoms with Crippen LogP contribution in [-0.4, -0.2) is 38.4 Å². The van der Waals surface area contributed by atoms with Crippen LogP contribution in [0.5, 0.6) is 0 Å². The largest absolute Gasteiger partial charge is 0.298 e. The van der Waals surface area contributed by atoms with Gasteiger partial charge in [0.2, 0.25) is 11.1 Å². The standard InChI is InChI=1S/C18H16N6OS/c19-11-12-23(16-9-5-2-6-10-16)17(25)14-26-18-20-21-22-24(18)13-15-7-3-1-4-8-15/h1-10H,12-14H2. The average molecular weight is 364 g/mol. The first-order chi connectivity index (χ1) is 12.8. The zero-order chi connectivity index (χ0) is 18.2. The van der Waals surface area contributed by atoms with Gasteiger partial charge in [-0.3, -0.25) is 9.69 Å². The topological polar surface area (TPSA) is 87.7 Å². The Hall–Kier alpha value is -3.18. The molecule has 0 saturated heterocycles. The van der Waals surface area contributed by atoms with E-state index in [1.807, 2.05) is 54.6 Å². The molecule has 130 valence electrons. The Balaban J connectivity index is 1.66. The molecular formula is C18H16N6OS. The summed E-state index contributed by atoms with van der Waals surface area (Å²) in [7, 11) is 0. The molecule has 0 saturated carbocycles. The summed E-state index contributed by atoms with van der Waals surface area (Å²) in [5.41, 5.74) is 1.77. The van der Waals surface area contributed by atoms with E-state index >= 15 is 0 Å². The SMILES string of the molecule is N#CCN(C(=O)CSc1nnnn1Cc1ccccc1)c1ccccc1. The zero-order valence-corrected chi connectivity index (χ0v) is 14.7. The van der Waals surface area contributed by atoms with Crippen LogP contribution in [0, 0.1) is 11.3 Å². The molecule has 8 heteroatoms. The lowest BCUT2D eigenvalue weighted by Gasteiger charge is -2.19. The van der Waals surface area contributed by atoms with Crippen molar-refractivity contribution in [3.8, 4) is 6.07 Å². The van der Waals surface area contributed by atoms with E-state index in [2.05, 4.69) is 15.5 Å². The molecule has 1 aromatic heterocycles. The number of carbonyl (C=O) groups is 1. The second-order valence-electron chi connectivity index (χ2n) is 5.37. The Kier molecular flexibility index (Phi) is 5.96. The summed E-state index contributed by atoms with van der Waals surface area (Å²) in [6, 6.07) is 21.0. The first kappa shape index (κ1) is 17.6. The molecule has 0 radical (unpaired) electrons. The number of aromatic nitrogens is 4. The Bertz CT molecular complexity index is 891. The number of nitrogens with zero attached hydrogens (tertiary/aromatic N) is 6. The number of anilines is 1. The molecule has 0 bridgehead atoms. The third-order valence-electron chi connectivity index (χ3n) is 3.60. The molecule has 3 aromatic rings. The second kappa shape index (κ2) is 8.78. The first-order valence-electron chi connectivity index (χ1n) is 7.93. The lowest BCUT2D eigenvalue weighted by Crippen LogP contribution is -2.32. The van der Waals surface area contributed by atoms with Gasteiger partial charge in [0.1, 0.15) is 6.54 Å². The van der Waals surface area contributed by atoms with Crippen LogP contribution in [0.2, 0.25) is 0 Å². The summed E-state index contributed by atoms with van der Waals surface area (Å²) < 4.78 is 1.66. The van der Waals surface area contributed by atoms with Crippen molar-refractivity contribution < 1.29 is 4.79 Å². The molecule has 1 heterocycles. The molecular weight excluding hydrogens is 348 g/mol. The van der Waals surface area contributed by atoms with Crippen molar-refractivity contribution in [1.29, 1.82) is 5.26 Å². The highest BCUT2D eigenvalue weighted by atomic mass is 32.2. The molecule has 0 spiro atoms. The van der Waals surface area contributed by atoms with E-state index in [0.717, 1.165) is 5.56 Å². The van der Waals surface area contributed by atoms with Crippen LogP contribution < -0.4 is 4.90 Å². The number of benzene rings is 2. The minimum absolute atomic E-state index is 0.00162. The minimum atomic E-state index is -0.169. The van der Waals surface area contributed by atoms with Gasteiger partial charge in [-0.05, 0) is 28.1 Å². The number of tetrazole rings is 1. The summed E-state index contributed by atoms with van der Waals surface area (Å²) in [4.78, 5) is 14.0. The number of thioether (sulfide) groups is 1. The van der Waals surface area contributed by atoms with Crippen molar-refractivity contribution in [2.24, 2.45) is 0 Å². The van der Waals surface area contributed by atoms with Gasteiger partial charge in [0.15, 0.2) is 0 Å². The van der Waals surface area contributed by atoms with Crippen LogP contribution in [-0.2, 0) is 11.3 Å². The van der Waals surface area contributed by atoms with E-state index in [4.69, 9.17) is 5.26 Å². The third kappa shape index (κ3) is 4.46. The van der Waals surface area contributed by atoms with Crippen molar-refractivity contribution in [1.82, 2.24) is 20.2 Å². The molecule has 0 aliphatic heterocycles. The van der Waals surface area contributed by atoms with Crippen LogP contribution in [0.1, 0.15) is 5.56 Å². The summed E-state index contributed by atoms with van der Waals surface area (Å²) in [6.45, 7) is 0.531. The fourth-order valence-corrected chi connectivity index (χ4v) is 3.11. The first-order valence-corrected chi connectivity index (χ1v) is 8.92. The summed E-state index contributed by atoms with van der Waals surface area (Å²) in [5.74, 6) is -0.0249. The van der Waals surface area contributed by atoms with Crippen LogP contribution in [0.15, 0.2) is 65.8 Å². The number of para-hydroxylation sites is 1. The van der Waals surface area contributed by atoms with E-state index in [1.165, 1.54) is 16.7 Å². The predicted molar refractivity (Wildman–Crippen MR) is 98.5 cm³/mol. The number of hydrogen-bond donors (Lipinski definition) is 0. The van der Waals surface area contributed by atoms with Gasteiger partial charge < -0.3 is 0 Å². The Morgan fingerprint density at radius 3 is 2.50 bits per heavy atom. The fraction of sp³-hybridized carbons (Fsp3) is 0.167. The van der Waals surface area contributed by atoms with E-state index < -0.39 is 0 Å². The normalized spacial score (nSPS) is 10.3. The van der Waals surface area contributed by atoms with Crippen molar-refractivity contribution in [3.05, 3.63) is 66.2 Å². The van der Waals surface area contributed by atoms with Gasteiger partial charge in [-0.15, -0.1) is 5.10 Å². The van der Waals surface area contributed by atoms with Gasteiger partial charge in [-0.1, -0.05) is 60.3 Å². The maximum absolute atomic E-state index is 12.6. The summed E-state index contributed by atoms with van der Waals surface area (Å²) in [6.07, 6.45) is 0. The lowest BCUT2D eigenvalue weighted by atomic mass is 10.2. The molecule has 1 amide bonds. The third-order valence-corrected chi connectivity index (χ3v) is 4.54. The molecule has 0 fully saturated rings. The Morgan fingerprint density at radius 1 is 1.12 bits per heavy atom. The fourth-order valence-electron chi connectivity index (χ4n) is 2.36. The molecule has 26 heavy (non-hydrogen) atoms. The van der Waals surface area contributed by atoms with Crippen molar-refractivity contribution in [2.75, 3.05) is 17.2 Å². The van der Waals surface area contributed by atoms with Crippen LogP contribution in [0.3, 0.4) is 0 Å². The molecule has 0 aliphatic carbocycles. The van der Waals surface area contributed by atoms with Crippen LogP contribution >= 0.6 is 11.8 Å². The maximum atomic E-state index is 12.6. The monoisotopic (exact) mass is 364 g/mol. The van der Waals surface area contributed by atoms with E-state index in [9.17, 15) is 4.79 Å². The molecule has 0 unspecified atom stereocenters. The van der Waals surface area contributed by atoms with Gasteiger partial charge in [-0.2, -0.15) is 5.26 Å². The van der Waals surface area contributed by atoms with Gasteiger partial charge in [-0.25, -0.2) is 4.68 Å². The highest BCUT2D eigenvalue weighted by Crippen LogP contribution is 2.19. The Labute approximate surface area is 155 Å². The number of hydrogen-bond acceptors (Lipinski definition) is 6. The number of nitriles is 1. The van der Waals surface area contributed by atoms with Gasteiger partial charge in [0.05, 0.1) is 18.4 Å². The molecule has 0 N–H and O–H groups in total. The van der Waals surface area contributed by atoms with Crippen molar-refractivity contribution >= 4 is 23.4 Å². The lowest BCUT2D eigenvalue weighted by molar-refractivity contribution is -0.116.